The van der Waals surface area contributed by atoms with E-state index in [9.17, 15) is 0 Å². The molecule has 0 saturated carbocycles. The minimum Gasteiger partial charge on any atom is -0.307 e. The van der Waals surface area contributed by atoms with Gasteiger partial charge in [0.2, 0.25) is 0 Å². The summed E-state index contributed by atoms with van der Waals surface area (Å²) < 4.78 is 0. The van der Waals surface area contributed by atoms with Crippen molar-refractivity contribution in [2.75, 3.05) is 20.1 Å². The lowest BCUT2D eigenvalue weighted by atomic mass is 9.90. The third kappa shape index (κ3) is 7.86. The Labute approximate surface area is 71.8 Å². The molecular weight excluding hydrogens is 134 g/mol. The van der Waals surface area contributed by atoms with Gasteiger partial charge in [-0.15, -0.1) is 0 Å². The number of rotatable bonds is 4. The van der Waals surface area contributed by atoms with E-state index in [0.717, 1.165) is 0 Å². The molecule has 0 aliphatic rings. The Balaban J connectivity index is 3.28. The van der Waals surface area contributed by atoms with Crippen LogP contribution in [0.5, 0.6) is 0 Å². The first kappa shape index (κ1) is 11.0. The van der Waals surface area contributed by atoms with Crippen molar-refractivity contribution in [2.45, 2.75) is 40.5 Å². The Morgan fingerprint density at radius 2 is 1.73 bits per heavy atom. The van der Waals surface area contributed by atoms with Crippen LogP contribution in [0.3, 0.4) is 0 Å². The van der Waals surface area contributed by atoms with Crippen molar-refractivity contribution in [3.8, 4) is 0 Å². The summed E-state index contributed by atoms with van der Waals surface area (Å²) in [6.45, 7) is 11.5. The highest BCUT2D eigenvalue weighted by molar-refractivity contribution is 4.62. The lowest BCUT2D eigenvalue weighted by Crippen LogP contribution is -2.20. The normalized spacial score (nSPS) is 12.5. The molecule has 0 aliphatic carbocycles. The summed E-state index contributed by atoms with van der Waals surface area (Å²) in [5.74, 6) is 0. The van der Waals surface area contributed by atoms with E-state index in [-0.39, 0.29) is 0 Å². The van der Waals surface area contributed by atoms with Gasteiger partial charge in [0.1, 0.15) is 0 Å². The number of nitrogens with zero attached hydrogens (tertiary/aromatic N) is 1. The summed E-state index contributed by atoms with van der Waals surface area (Å²) >= 11 is 0. The highest BCUT2D eigenvalue weighted by Gasteiger charge is 2.09. The molecule has 0 bridgehead atoms. The molecule has 0 fully saturated rings. The molecule has 1 heteroatoms. The Morgan fingerprint density at radius 3 is 2.09 bits per heavy atom. The SMILES string of the molecule is CCN(C)CCCC(C)(C)C. The molecule has 11 heavy (non-hydrogen) atoms. The lowest BCUT2D eigenvalue weighted by molar-refractivity contribution is 0.297. The molecule has 0 aromatic carbocycles. The Kier molecular flexibility index (Phi) is 4.74. The average molecular weight is 157 g/mol. The maximum Gasteiger partial charge on any atom is -0.00217 e. The van der Waals surface area contributed by atoms with Crippen molar-refractivity contribution in [3.63, 3.8) is 0 Å². The van der Waals surface area contributed by atoms with Crippen molar-refractivity contribution in [1.82, 2.24) is 4.90 Å². The lowest BCUT2D eigenvalue weighted by Gasteiger charge is -2.20. The van der Waals surface area contributed by atoms with Gasteiger partial charge < -0.3 is 4.90 Å². The van der Waals surface area contributed by atoms with Crippen LogP contribution >= 0.6 is 0 Å². The van der Waals surface area contributed by atoms with E-state index in [1.54, 1.807) is 0 Å². The van der Waals surface area contributed by atoms with E-state index < -0.39 is 0 Å². The third-order valence-electron chi connectivity index (χ3n) is 2.01. The van der Waals surface area contributed by atoms with Gasteiger partial charge in [0.15, 0.2) is 0 Å². The highest BCUT2D eigenvalue weighted by atomic mass is 15.1. The molecule has 0 amide bonds. The van der Waals surface area contributed by atoms with Gasteiger partial charge in [-0.25, -0.2) is 0 Å². The highest BCUT2D eigenvalue weighted by Crippen LogP contribution is 2.20. The quantitative estimate of drug-likeness (QED) is 0.606. The van der Waals surface area contributed by atoms with E-state index in [4.69, 9.17) is 0 Å². The van der Waals surface area contributed by atoms with E-state index in [2.05, 4.69) is 39.6 Å². The molecule has 0 radical (unpaired) electrons. The monoisotopic (exact) mass is 157 g/mol. The maximum atomic E-state index is 2.37. The molecule has 68 valence electrons. The van der Waals surface area contributed by atoms with Crippen molar-refractivity contribution in [2.24, 2.45) is 5.41 Å². The molecule has 0 rings (SSSR count). The second-order valence-corrected chi connectivity index (χ2v) is 4.56. The predicted molar refractivity (Wildman–Crippen MR) is 51.9 cm³/mol. The van der Waals surface area contributed by atoms with Crippen LogP contribution in [-0.4, -0.2) is 25.0 Å². The molecule has 0 spiro atoms. The molecule has 0 saturated heterocycles. The molecule has 0 aromatic heterocycles. The zero-order valence-corrected chi connectivity index (χ0v) is 8.78. The first-order valence-corrected chi connectivity index (χ1v) is 4.64. The van der Waals surface area contributed by atoms with Crippen LogP contribution in [0.25, 0.3) is 0 Å². The van der Waals surface area contributed by atoms with Crippen LogP contribution in [0.15, 0.2) is 0 Å². The van der Waals surface area contributed by atoms with Crippen LogP contribution in [0.1, 0.15) is 40.5 Å². The summed E-state index contributed by atoms with van der Waals surface area (Å²) in [6.07, 6.45) is 2.66. The standard InChI is InChI=1S/C10H23N/c1-6-11(5)9-7-8-10(2,3)4/h6-9H2,1-5H3. The molecule has 0 atom stereocenters. The van der Waals surface area contributed by atoms with Gasteiger partial charge in [-0.05, 0) is 38.4 Å². The van der Waals surface area contributed by atoms with Gasteiger partial charge in [0, 0.05) is 0 Å². The van der Waals surface area contributed by atoms with Crippen LogP contribution in [-0.2, 0) is 0 Å². The molecule has 0 N–H and O–H groups in total. The fourth-order valence-corrected chi connectivity index (χ4v) is 1.04. The zero-order chi connectivity index (χ0) is 8.91. The molecule has 1 nitrogen and oxygen atoms in total. The van der Waals surface area contributed by atoms with Gasteiger partial charge in [-0.3, -0.25) is 0 Å². The van der Waals surface area contributed by atoms with Crippen LogP contribution in [0, 0.1) is 5.41 Å². The average Bonchev–Trinajstić information content (AvgIpc) is 1.85. The summed E-state index contributed by atoms with van der Waals surface area (Å²) in [5, 5.41) is 0. The molecule has 0 unspecified atom stereocenters. The number of hydrogen-bond donors (Lipinski definition) is 0. The van der Waals surface area contributed by atoms with Gasteiger partial charge in [-0.2, -0.15) is 0 Å². The fourth-order valence-electron chi connectivity index (χ4n) is 1.04. The van der Waals surface area contributed by atoms with Gasteiger partial charge >= 0.3 is 0 Å². The fraction of sp³-hybridized carbons (Fsp3) is 1.00. The molecule has 0 aliphatic heterocycles. The maximum absolute atomic E-state index is 2.37. The number of hydrogen-bond acceptors (Lipinski definition) is 1. The van der Waals surface area contributed by atoms with Crippen LogP contribution in [0.4, 0.5) is 0 Å². The Bertz CT molecular complexity index is 91.5. The molecule has 0 heterocycles. The smallest absolute Gasteiger partial charge is 0.00217 e. The summed E-state index contributed by atoms with van der Waals surface area (Å²) in [6, 6.07) is 0. The Hall–Kier alpha value is -0.0400. The Morgan fingerprint density at radius 1 is 1.18 bits per heavy atom. The van der Waals surface area contributed by atoms with E-state index in [1.807, 2.05) is 0 Å². The van der Waals surface area contributed by atoms with Crippen molar-refractivity contribution in [1.29, 1.82) is 0 Å². The van der Waals surface area contributed by atoms with Crippen molar-refractivity contribution >= 4 is 0 Å². The topological polar surface area (TPSA) is 3.24 Å². The van der Waals surface area contributed by atoms with E-state index in [0.29, 0.717) is 5.41 Å². The van der Waals surface area contributed by atoms with Crippen LogP contribution in [0.2, 0.25) is 0 Å². The van der Waals surface area contributed by atoms with Crippen molar-refractivity contribution < 1.29 is 0 Å². The van der Waals surface area contributed by atoms with E-state index in [1.165, 1.54) is 25.9 Å². The first-order chi connectivity index (χ1) is 4.95. The zero-order valence-electron chi connectivity index (χ0n) is 8.78. The second-order valence-electron chi connectivity index (χ2n) is 4.56. The summed E-state index contributed by atoms with van der Waals surface area (Å²) in [4.78, 5) is 2.37. The van der Waals surface area contributed by atoms with Gasteiger partial charge in [-0.1, -0.05) is 27.7 Å². The largest absolute Gasteiger partial charge is 0.307 e. The summed E-state index contributed by atoms with van der Waals surface area (Å²) in [7, 11) is 2.18. The van der Waals surface area contributed by atoms with Gasteiger partial charge in [0.05, 0.1) is 0 Å². The minimum atomic E-state index is 0.509. The molecular formula is C10H23N. The van der Waals surface area contributed by atoms with Crippen LogP contribution < -0.4 is 0 Å². The minimum absolute atomic E-state index is 0.509. The third-order valence-corrected chi connectivity index (χ3v) is 2.01. The van der Waals surface area contributed by atoms with Crippen molar-refractivity contribution in [3.05, 3.63) is 0 Å². The van der Waals surface area contributed by atoms with E-state index >= 15 is 0 Å². The molecule has 0 aromatic rings. The second kappa shape index (κ2) is 4.76. The van der Waals surface area contributed by atoms with Gasteiger partial charge in [0.25, 0.3) is 0 Å². The first-order valence-electron chi connectivity index (χ1n) is 4.64. The summed E-state index contributed by atoms with van der Waals surface area (Å²) in [5.41, 5.74) is 0.509. The predicted octanol–water partition coefficient (Wildman–Crippen LogP) is 2.76.